The molecular formula is C22H22ClN3O3. The highest BCUT2D eigenvalue weighted by Crippen LogP contribution is 2.34. The molecule has 3 aromatic rings. The maximum atomic E-state index is 13.1. The molecule has 1 aliphatic heterocycles. The molecule has 0 atom stereocenters. The average molecular weight is 412 g/mol. The van der Waals surface area contributed by atoms with Gasteiger partial charge in [0.05, 0.1) is 22.1 Å². The van der Waals surface area contributed by atoms with Gasteiger partial charge in [0, 0.05) is 24.4 Å². The Morgan fingerprint density at radius 3 is 2.69 bits per heavy atom. The summed E-state index contributed by atoms with van der Waals surface area (Å²) in [5, 5.41) is 5.20. The second kappa shape index (κ2) is 7.79. The number of benzene rings is 2. The molecule has 0 unspecified atom stereocenters. The lowest BCUT2D eigenvalue weighted by molar-refractivity contribution is 0.0993. The number of nitrogens with zero attached hydrogens (tertiary/aromatic N) is 3. The van der Waals surface area contributed by atoms with Gasteiger partial charge in [-0.15, -0.1) is 0 Å². The van der Waals surface area contributed by atoms with E-state index in [1.165, 1.54) is 0 Å². The van der Waals surface area contributed by atoms with Gasteiger partial charge in [0.15, 0.2) is 11.5 Å². The Morgan fingerprint density at radius 1 is 1.17 bits per heavy atom. The van der Waals surface area contributed by atoms with Gasteiger partial charge in [-0.2, -0.15) is 5.10 Å². The lowest BCUT2D eigenvalue weighted by atomic mass is 10.1. The first kappa shape index (κ1) is 19.3. The van der Waals surface area contributed by atoms with Crippen LogP contribution in [0.2, 0.25) is 5.02 Å². The van der Waals surface area contributed by atoms with Crippen LogP contribution in [-0.4, -0.2) is 35.9 Å². The predicted molar refractivity (Wildman–Crippen MR) is 113 cm³/mol. The molecule has 0 bridgehead atoms. The number of aryl methyl sites for hydroxylation is 1. The number of aromatic nitrogens is 2. The minimum Gasteiger partial charge on any atom is -0.486 e. The first-order valence-electron chi connectivity index (χ1n) is 9.51. The molecule has 1 amide bonds. The van der Waals surface area contributed by atoms with Crippen LogP contribution in [0.15, 0.2) is 42.5 Å². The fraction of sp³-hybridized carbons (Fsp3) is 0.273. The van der Waals surface area contributed by atoms with Crippen molar-refractivity contribution < 1.29 is 14.3 Å². The highest BCUT2D eigenvalue weighted by Gasteiger charge is 2.19. The molecule has 2 heterocycles. The van der Waals surface area contributed by atoms with E-state index in [1.807, 2.05) is 50.2 Å². The van der Waals surface area contributed by atoms with Crippen LogP contribution in [0.5, 0.6) is 11.5 Å². The Bertz CT molecular complexity index is 1080. The minimum atomic E-state index is -0.128. The molecule has 150 valence electrons. The van der Waals surface area contributed by atoms with Crippen molar-refractivity contribution >= 4 is 23.2 Å². The second-order valence-electron chi connectivity index (χ2n) is 6.85. The number of ether oxygens (including phenoxy) is 2. The molecule has 1 aromatic heterocycles. The number of hydrogen-bond acceptors (Lipinski definition) is 4. The van der Waals surface area contributed by atoms with E-state index in [0.717, 1.165) is 29.2 Å². The van der Waals surface area contributed by atoms with Gasteiger partial charge in [-0.3, -0.25) is 4.79 Å². The molecule has 0 saturated carbocycles. The second-order valence-corrected chi connectivity index (χ2v) is 7.23. The zero-order valence-corrected chi connectivity index (χ0v) is 17.4. The minimum absolute atomic E-state index is 0.128. The van der Waals surface area contributed by atoms with Crippen LogP contribution in [0.25, 0.3) is 5.69 Å². The van der Waals surface area contributed by atoms with E-state index in [-0.39, 0.29) is 5.91 Å². The summed E-state index contributed by atoms with van der Waals surface area (Å²) in [7, 11) is 1.74. The Hall–Kier alpha value is -2.99. The van der Waals surface area contributed by atoms with E-state index in [4.69, 9.17) is 21.1 Å². The molecule has 0 saturated heterocycles. The highest BCUT2D eigenvalue weighted by atomic mass is 35.5. The van der Waals surface area contributed by atoms with Gasteiger partial charge in [0.1, 0.15) is 13.2 Å². The van der Waals surface area contributed by atoms with Crippen molar-refractivity contribution in [2.24, 2.45) is 0 Å². The lowest BCUT2D eigenvalue weighted by Gasteiger charge is -2.22. The number of hydrogen-bond donors (Lipinski definition) is 0. The molecule has 4 rings (SSSR count). The zero-order valence-electron chi connectivity index (χ0n) is 16.6. The fourth-order valence-corrected chi connectivity index (χ4v) is 3.65. The molecule has 0 aliphatic carbocycles. The van der Waals surface area contributed by atoms with Gasteiger partial charge >= 0.3 is 0 Å². The molecule has 2 aromatic carbocycles. The van der Waals surface area contributed by atoms with E-state index in [1.54, 1.807) is 22.7 Å². The third-order valence-corrected chi connectivity index (χ3v) is 5.46. The smallest absolute Gasteiger partial charge is 0.258 e. The first-order valence-corrected chi connectivity index (χ1v) is 9.89. The standard InChI is InChI=1S/C22H22ClN3O3/c1-4-18-21(23)14(2)24-26(18)17-7-5-6-15(12-17)22(27)25(3)16-8-9-19-20(13-16)29-11-10-28-19/h5-9,12-13H,4,10-11H2,1-3H3. The Kier molecular flexibility index (Phi) is 5.20. The Morgan fingerprint density at radius 2 is 1.93 bits per heavy atom. The van der Waals surface area contributed by atoms with E-state index < -0.39 is 0 Å². The molecule has 7 heteroatoms. The van der Waals surface area contributed by atoms with Crippen LogP contribution in [-0.2, 0) is 6.42 Å². The Labute approximate surface area is 174 Å². The molecular weight excluding hydrogens is 390 g/mol. The molecule has 0 radical (unpaired) electrons. The number of halogens is 1. The summed E-state index contributed by atoms with van der Waals surface area (Å²) in [4.78, 5) is 14.7. The average Bonchev–Trinajstić information content (AvgIpc) is 3.06. The molecule has 6 nitrogen and oxygen atoms in total. The van der Waals surface area contributed by atoms with Gasteiger partial charge < -0.3 is 14.4 Å². The topological polar surface area (TPSA) is 56.6 Å². The molecule has 1 aliphatic rings. The van der Waals surface area contributed by atoms with Gasteiger partial charge in [-0.25, -0.2) is 4.68 Å². The zero-order chi connectivity index (χ0) is 20.5. The van der Waals surface area contributed by atoms with Crippen LogP contribution in [0.4, 0.5) is 5.69 Å². The first-order chi connectivity index (χ1) is 14.0. The normalized spacial score (nSPS) is 12.7. The van der Waals surface area contributed by atoms with Crippen molar-refractivity contribution in [1.82, 2.24) is 9.78 Å². The predicted octanol–water partition coefficient (Wildman–Crippen LogP) is 4.44. The van der Waals surface area contributed by atoms with Gasteiger partial charge in [-0.05, 0) is 43.7 Å². The summed E-state index contributed by atoms with van der Waals surface area (Å²) in [6.45, 7) is 4.94. The number of carbonyl (C=O) groups is 1. The van der Waals surface area contributed by atoms with Crippen molar-refractivity contribution in [3.63, 3.8) is 0 Å². The van der Waals surface area contributed by atoms with Crippen LogP contribution in [0.3, 0.4) is 0 Å². The van der Waals surface area contributed by atoms with Crippen molar-refractivity contribution in [2.45, 2.75) is 20.3 Å². The van der Waals surface area contributed by atoms with Crippen LogP contribution in [0.1, 0.15) is 28.7 Å². The van der Waals surface area contributed by atoms with Gasteiger partial charge in [-0.1, -0.05) is 24.6 Å². The molecule has 0 fully saturated rings. The third kappa shape index (κ3) is 3.56. The number of anilines is 1. The maximum absolute atomic E-state index is 13.1. The van der Waals surface area contributed by atoms with E-state index >= 15 is 0 Å². The third-order valence-electron chi connectivity index (χ3n) is 4.97. The fourth-order valence-electron chi connectivity index (χ4n) is 3.40. The van der Waals surface area contributed by atoms with Crippen LogP contribution in [0, 0.1) is 6.92 Å². The van der Waals surface area contributed by atoms with Crippen LogP contribution < -0.4 is 14.4 Å². The lowest BCUT2D eigenvalue weighted by Crippen LogP contribution is -2.26. The van der Waals surface area contributed by atoms with Crippen molar-refractivity contribution in [1.29, 1.82) is 0 Å². The van der Waals surface area contributed by atoms with Gasteiger partial charge in [0.2, 0.25) is 0 Å². The summed E-state index contributed by atoms with van der Waals surface area (Å²) in [5.74, 6) is 1.22. The quantitative estimate of drug-likeness (QED) is 0.636. The summed E-state index contributed by atoms with van der Waals surface area (Å²) < 4.78 is 13.0. The molecule has 0 spiro atoms. The largest absolute Gasteiger partial charge is 0.486 e. The van der Waals surface area contributed by atoms with Crippen molar-refractivity contribution in [2.75, 3.05) is 25.2 Å². The SMILES string of the molecule is CCc1c(Cl)c(C)nn1-c1cccc(C(=O)N(C)c2ccc3c(c2)OCCO3)c1. The number of fused-ring (bicyclic) bond motifs is 1. The summed E-state index contributed by atoms with van der Waals surface area (Å²) in [6.07, 6.45) is 0.745. The summed E-state index contributed by atoms with van der Waals surface area (Å²) >= 11 is 6.37. The summed E-state index contributed by atoms with van der Waals surface area (Å²) in [5.41, 5.74) is 3.80. The number of carbonyl (C=O) groups excluding carboxylic acids is 1. The number of rotatable bonds is 4. The maximum Gasteiger partial charge on any atom is 0.258 e. The van der Waals surface area contributed by atoms with E-state index in [2.05, 4.69) is 5.10 Å². The van der Waals surface area contributed by atoms with E-state index in [0.29, 0.717) is 35.3 Å². The van der Waals surface area contributed by atoms with Crippen LogP contribution >= 0.6 is 11.6 Å². The monoisotopic (exact) mass is 411 g/mol. The highest BCUT2D eigenvalue weighted by molar-refractivity contribution is 6.31. The molecule has 0 N–H and O–H groups in total. The van der Waals surface area contributed by atoms with Gasteiger partial charge in [0.25, 0.3) is 5.91 Å². The molecule has 29 heavy (non-hydrogen) atoms. The Balaban J connectivity index is 1.64. The van der Waals surface area contributed by atoms with Crippen molar-refractivity contribution in [3.8, 4) is 17.2 Å². The van der Waals surface area contributed by atoms with Crippen molar-refractivity contribution in [3.05, 3.63) is 64.4 Å². The van der Waals surface area contributed by atoms with E-state index in [9.17, 15) is 4.79 Å². The number of amides is 1. The summed E-state index contributed by atoms with van der Waals surface area (Å²) in [6, 6.07) is 12.9.